The first-order valence-corrected chi connectivity index (χ1v) is 9.86. The van der Waals surface area contributed by atoms with Crippen molar-refractivity contribution in [2.24, 2.45) is 17.8 Å². The van der Waals surface area contributed by atoms with Crippen LogP contribution in [0.1, 0.15) is 30.1 Å². The SMILES string of the molecule is COC(=O)[C@H]1[C@H](O)[C@H](O)C[C@H]2CN3CCc4c([nH]c5ccccc45)[C@H]3C[C@@H]21. The largest absolute Gasteiger partial charge is 0.469 e. The van der Waals surface area contributed by atoms with Gasteiger partial charge in [-0.1, -0.05) is 18.2 Å². The second-order valence-corrected chi connectivity index (χ2v) is 8.33. The lowest BCUT2D eigenvalue weighted by molar-refractivity contribution is -0.171. The second kappa shape index (κ2) is 6.33. The summed E-state index contributed by atoms with van der Waals surface area (Å²) >= 11 is 0. The lowest BCUT2D eigenvalue weighted by Gasteiger charge is -2.51. The lowest BCUT2D eigenvalue weighted by atomic mass is 9.64. The predicted molar refractivity (Wildman–Crippen MR) is 100 cm³/mol. The fourth-order valence-corrected chi connectivity index (χ4v) is 5.82. The number of carbonyl (C=O) groups is 1. The number of nitrogens with zero attached hydrogens (tertiary/aromatic N) is 1. The third-order valence-electron chi connectivity index (χ3n) is 7.08. The van der Waals surface area contributed by atoms with Gasteiger partial charge in [0.05, 0.1) is 31.3 Å². The van der Waals surface area contributed by atoms with Gasteiger partial charge in [-0.05, 0) is 42.7 Å². The highest BCUT2D eigenvalue weighted by Crippen LogP contribution is 2.49. The van der Waals surface area contributed by atoms with Crippen LogP contribution < -0.4 is 0 Å². The molecule has 1 aromatic carbocycles. The normalized spacial score (nSPS) is 36.0. The highest BCUT2D eigenvalue weighted by molar-refractivity contribution is 5.85. The maximum absolute atomic E-state index is 12.4. The van der Waals surface area contributed by atoms with Gasteiger partial charge in [0.1, 0.15) is 0 Å². The molecule has 0 unspecified atom stereocenters. The van der Waals surface area contributed by atoms with Crippen molar-refractivity contribution in [1.82, 2.24) is 9.88 Å². The monoisotopic (exact) mass is 370 g/mol. The van der Waals surface area contributed by atoms with E-state index >= 15 is 0 Å². The molecule has 144 valence electrons. The van der Waals surface area contributed by atoms with Crippen LogP contribution in [0.2, 0.25) is 0 Å². The average molecular weight is 370 g/mol. The van der Waals surface area contributed by atoms with Crippen LogP contribution in [0.5, 0.6) is 0 Å². The van der Waals surface area contributed by atoms with Crippen molar-refractivity contribution >= 4 is 16.9 Å². The Morgan fingerprint density at radius 1 is 1.26 bits per heavy atom. The molecule has 6 atom stereocenters. The van der Waals surface area contributed by atoms with E-state index in [0.29, 0.717) is 6.42 Å². The molecule has 2 aliphatic heterocycles. The van der Waals surface area contributed by atoms with Crippen LogP contribution in [0, 0.1) is 17.8 Å². The van der Waals surface area contributed by atoms with E-state index in [1.807, 2.05) is 6.07 Å². The zero-order chi connectivity index (χ0) is 18.7. The third-order valence-corrected chi connectivity index (χ3v) is 7.08. The van der Waals surface area contributed by atoms with Gasteiger partial charge in [0.15, 0.2) is 0 Å². The first kappa shape index (κ1) is 17.2. The van der Waals surface area contributed by atoms with E-state index in [9.17, 15) is 15.0 Å². The summed E-state index contributed by atoms with van der Waals surface area (Å²) in [7, 11) is 1.36. The molecule has 5 rings (SSSR count). The molecule has 3 N–H and O–H groups in total. The van der Waals surface area contributed by atoms with E-state index in [1.54, 1.807) is 0 Å². The van der Waals surface area contributed by atoms with Gasteiger partial charge in [-0.3, -0.25) is 9.69 Å². The number of nitrogens with one attached hydrogen (secondary N) is 1. The molecular weight excluding hydrogens is 344 g/mol. The van der Waals surface area contributed by atoms with Gasteiger partial charge in [0, 0.05) is 29.7 Å². The molecule has 6 nitrogen and oxygen atoms in total. The number of aliphatic hydroxyl groups is 2. The predicted octanol–water partition coefficient (Wildman–Crippen LogP) is 1.62. The Kier molecular flexibility index (Phi) is 4.04. The number of ether oxygens (including phenoxy) is 1. The lowest BCUT2D eigenvalue weighted by Crippen LogP contribution is -2.57. The van der Waals surface area contributed by atoms with Gasteiger partial charge in [0.25, 0.3) is 0 Å². The molecule has 1 aromatic heterocycles. The van der Waals surface area contributed by atoms with Crippen LogP contribution in [-0.4, -0.2) is 58.5 Å². The average Bonchev–Trinajstić information content (AvgIpc) is 3.06. The molecule has 0 amide bonds. The van der Waals surface area contributed by atoms with E-state index in [1.165, 1.54) is 23.8 Å². The Morgan fingerprint density at radius 3 is 2.89 bits per heavy atom. The third kappa shape index (κ3) is 2.54. The number of methoxy groups -OCH3 is 1. The summed E-state index contributed by atoms with van der Waals surface area (Å²) in [6.07, 6.45) is 0.450. The van der Waals surface area contributed by atoms with E-state index in [0.717, 1.165) is 31.4 Å². The first-order chi connectivity index (χ1) is 13.1. The molecule has 2 fully saturated rings. The van der Waals surface area contributed by atoms with Crippen LogP contribution in [0.3, 0.4) is 0 Å². The molecule has 1 aliphatic carbocycles. The minimum Gasteiger partial charge on any atom is -0.469 e. The number of hydrogen-bond donors (Lipinski definition) is 3. The molecule has 6 heteroatoms. The quantitative estimate of drug-likeness (QED) is 0.664. The molecule has 0 bridgehead atoms. The van der Waals surface area contributed by atoms with E-state index in [4.69, 9.17) is 4.74 Å². The maximum Gasteiger partial charge on any atom is 0.311 e. The number of para-hydroxylation sites is 1. The van der Waals surface area contributed by atoms with Gasteiger partial charge in [-0.15, -0.1) is 0 Å². The molecule has 1 saturated carbocycles. The number of rotatable bonds is 1. The van der Waals surface area contributed by atoms with Crippen molar-refractivity contribution in [1.29, 1.82) is 0 Å². The number of fused-ring (bicyclic) bond motifs is 6. The summed E-state index contributed by atoms with van der Waals surface area (Å²) in [5.41, 5.74) is 3.80. The molecule has 0 radical (unpaired) electrons. The Balaban J connectivity index is 1.53. The van der Waals surface area contributed by atoms with Gasteiger partial charge in [-0.25, -0.2) is 0 Å². The van der Waals surface area contributed by atoms with Gasteiger partial charge >= 0.3 is 5.97 Å². The van der Waals surface area contributed by atoms with Crippen LogP contribution in [0.25, 0.3) is 10.9 Å². The van der Waals surface area contributed by atoms with E-state index in [2.05, 4.69) is 28.1 Å². The van der Waals surface area contributed by atoms with Crippen molar-refractivity contribution in [3.63, 3.8) is 0 Å². The number of esters is 1. The van der Waals surface area contributed by atoms with Crippen LogP contribution >= 0.6 is 0 Å². The maximum atomic E-state index is 12.4. The number of aromatic amines is 1. The molecule has 3 heterocycles. The minimum absolute atomic E-state index is 0.0227. The van der Waals surface area contributed by atoms with Gasteiger partial charge in [-0.2, -0.15) is 0 Å². The molecule has 27 heavy (non-hydrogen) atoms. The van der Waals surface area contributed by atoms with Crippen molar-refractivity contribution in [3.05, 3.63) is 35.5 Å². The fraction of sp³-hybridized carbons (Fsp3) is 0.571. The Bertz CT molecular complexity index is 878. The standard InChI is InChI=1S/C21H26N2O4/c1-27-21(26)18-14-9-16-19-13(12-4-2-3-5-15(12)22-19)6-7-23(16)10-11(14)8-17(24)20(18)25/h2-5,11,14,16-18,20,22,24-25H,6-10H2,1H3/t11-,14-,16+,17+,18+,20+/m0/s1. The molecular formula is C21H26N2O4. The number of hydrogen-bond acceptors (Lipinski definition) is 5. The zero-order valence-electron chi connectivity index (χ0n) is 15.5. The number of aromatic nitrogens is 1. The number of H-pyrrole nitrogens is 1. The van der Waals surface area contributed by atoms with Gasteiger partial charge < -0.3 is 19.9 Å². The summed E-state index contributed by atoms with van der Waals surface area (Å²) < 4.78 is 4.98. The highest BCUT2D eigenvalue weighted by Gasteiger charge is 2.52. The summed E-state index contributed by atoms with van der Waals surface area (Å²) in [6, 6.07) is 8.62. The van der Waals surface area contributed by atoms with Crippen molar-refractivity contribution in [2.45, 2.75) is 37.5 Å². The number of benzene rings is 1. The molecule has 1 saturated heterocycles. The minimum atomic E-state index is -1.05. The van der Waals surface area contributed by atoms with E-state index in [-0.39, 0.29) is 17.9 Å². The summed E-state index contributed by atoms with van der Waals surface area (Å²) in [5.74, 6) is -0.831. The first-order valence-electron chi connectivity index (χ1n) is 9.86. The summed E-state index contributed by atoms with van der Waals surface area (Å²) in [5, 5.41) is 22.1. The molecule has 3 aliphatic rings. The number of piperidine rings is 1. The molecule has 2 aromatic rings. The van der Waals surface area contributed by atoms with Crippen LogP contribution in [0.15, 0.2) is 24.3 Å². The second-order valence-electron chi connectivity index (χ2n) is 8.33. The summed E-state index contributed by atoms with van der Waals surface area (Å²) in [6.45, 7) is 1.84. The number of carbonyl (C=O) groups excluding carboxylic acids is 1. The smallest absolute Gasteiger partial charge is 0.311 e. The Hall–Kier alpha value is -1.89. The van der Waals surface area contributed by atoms with Crippen molar-refractivity contribution in [2.75, 3.05) is 20.2 Å². The van der Waals surface area contributed by atoms with Crippen LogP contribution in [0.4, 0.5) is 0 Å². The van der Waals surface area contributed by atoms with Crippen molar-refractivity contribution in [3.8, 4) is 0 Å². The van der Waals surface area contributed by atoms with E-state index < -0.39 is 24.1 Å². The van der Waals surface area contributed by atoms with Crippen LogP contribution in [-0.2, 0) is 16.0 Å². The molecule has 0 spiro atoms. The summed E-state index contributed by atoms with van der Waals surface area (Å²) in [4.78, 5) is 18.5. The number of aliphatic hydroxyl groups excluding tert-OH is 2. The van der Waals surface area contributed by atoms with Crippen molar-refractivity contribution < 1.29 is 19.7 Å². The highest BCUT2D eigenvalue weighted by atomic mass is 16.5. The topological polar surface area (TPSA) is 85.8 Å². The Morgan fingerprint density at radius 2 is 2.07 bits per heavy atom. The fourth-order valence-electron chi connectivity index (χ4n) is 5.82. The van der Waals surface area contributed by atoms with Gasteiger partial charge in [0.2, 0.25) is 0 Å². The Labute approximate surface area is 158 Å². The zero-order valence-corrected chi connectivity index (χ0v) is 15.5.